The van der Waals surface area contributed by atoms with Gasteiger partial charge < -0.3 is 9.47 Å². The number of aryl methyl sites for hydroxylation is 2. The number of methoxy groups -OCH3 is 1. The van der Waals surface area contributed by atoms with Crippen LogP contribution in [-0.4, -0.2) is 61.7 Å². The molecule has 0 radical (unpaired) electrons. The summed E-state index contributed by atoms with van der Waals surface area (Å²) in [6.45, 7) is 8.52. The molecule has 2 heterocycles. The van der Waals surface area contributed by atoms with E-state index in [1.165, 1.54) is 0 Å². The Balaban J connectivity index is 1.58. The highest BCUT2D eigenvalue weighted by Crippen LogP contribution is 2.31. The summed E-state index contributed by atoms with van der Waals surface area (Å²) in [5, 5.41) is 0.730. The van der Waals surface area contributed by atoms with Crippen LogP contribution in [0.2, 0.25) is 0 Å². The predicted octanol–water partition coefficient (Wildman–Crippen LogP) is 4.12. The number of carbonyl (C=O) groups is 1. The topological polar surface area (TPSA) is 54.4 Å². The summed E-state index contributed by atoms with van der Waals surface area (Å²) >= 11 is 1.63. The smallest absolute Gasteiger partial charge is 0.283 e. The predicted molar refractivity (Wildman–Crippen MR) is 132 cm³/mol. The lowest BCUT2D eigenvalue weighted by atomic mass is 10.1. The molecule has 1 amide bonds. The van der Waals surface area contributed by atoms with Gasteiger partial charge in [-0.05, 0) is 60.9 Å². The molecule has 2 aliphatic rings. The van der Waals surface area contributed by atoms with E-state index in [2.05, 4.69) is 11.0 Å². The van der Waals surface area contributed by atoms with Gasteiger partial charge in [0.1, 0.15) is 11.4 Å². The van der Waals surface area contributed by atoms with Crippen LogP contribution in [0.4, 0.5) is 5.69 Å². The third kappa shape index (κ3) is 5.41. The van der Waals surface area contributed by atoms with Crippen LogP contribution in [0.5, 0.6) is 5.75 Å². The molecule has 0 N–H and O–H groups in total. The normalized spacial score (nSPS) is 18.3. The second kappa shape index (κ2) is 10.3. The van der Waals surface area contributed by atoms with Gasteiger partial charge in [0.05, 0.1) is 26.0 Å². The van der Waals surface area contributed by atoms with Gasteiger partial charge in [0.2, 0.25) is 0 Å². The van der Waals surface area contributed by atoms with E-state index in [4.69, 9.17) is 14.5 Å². The van der Waals surface area contributed by atoms with Crippen molar-refractivity contribution in [3.05, 3.63) is 64.9 Å². The van der Waals surface area contributed by atoms with Crippen molar-refractivity contribution in [1.82, 2.24) is 4.90 Å². The first-order valence-corrected chi connectivity index (χ1v) is 11.8. The lowest BCUT2D eigenvalue weighted by Gasteiger charge is -2.26. The number of thioether (sulfide) groups is 1. The van der Waals surface area contributed by atoms with Crippen LogP contribution >= 0.6 is 11.8 Å². The lowest BCUT2D eigenvalue weighted by Crippen LogP contribution is -2.38. The van der Waals surface area contributed by atoms with E-state index in [9.17, 15) is 4.79 Å². The molecule has 0 unspecified atom stereocenters. The summed E-state index contributed by atoms with van der Waals surface area (Å²) in [5.41, 5.74) is 4.47. The number of benzene rings is 2. The number of hydrogen-bond acceptors (Lipinski definition) is 6. The van der Waals surface area contributed by atoms with Crippen molar-refractivity contribution in [1.29, 1.82) is 0 Å². The van der Waals surface area contributed by atoms with Gasteiger partial charge in [-0.25, -0.2) is 4.99 Å². The summed E-state index contributed by atoms with van der Waals surface area (Å²) in [5.74, 6) is 1.55. The van der Waals surface area contributed by atoms with Crippen molar-refractivity contribution < 1.29 is 14.3 Å². The zero-order valence-electron chi connectivity index (χ0n) is 18.8. The summed E-state index contributed by atoms with van der Waals surface area (Å²) in [7, 11) is 1.64. The van der Waals surface area contributed by atoms with Gasteiger partial charge in [0.15, 0.2) is 5.17 Å². The second-order valence-electron chi connectivity index (χ2n) is 7.99. The average Bonchev–Trinajstić information content (AvgIpc) is 3.09. The van der Waals surface area contributed by atoms with Crippen molar-refractivity contribution in [3.8, 4) is 5.75 Å². The van der Waals surface area contributed by atoms with Crippen LogP contribution in [0.15, 0.2) is 53.2 Å². The Morgan fingerprint density at radius 1 is 1.09 bits per heavy atom. The molecular formula is C25H29N3O3S. The zero-order valence-corrected chi connectivity index (χ0v) is 19.7. The summed E-state index contributed by atoms with van der Waals surface area (Å²) in [6.07, 6.45) is 1.84. The Morgan fingerprint density at radius 2 is 1.78 bits per heavy atom. The molecule has 2 aromatic carbocycles. The van der Waals surface area contributed by atoms with Gasteiger partial charge in [-0.15, -0.1) is 0 Å². The molecule has 2 aliphatic heterocycles. The highest BCUT2D eigenvalue weighted by molar-refractivity contribution is 8.14. The maximum absolute atomic E-state index is 13.4. The fraction of sp³-hybridized carbons (Fsp3) is 0.360. The quantitative estimate of drug-likeness (QED) is 0.619. The molecule has 7 heteroatoms. The van der Waals surface area contributed by atoms with Gasteiger partial charge >= 0.3 is 0 Å². The fourth-order valence-corrected chi connectivity index (χ4v) is 4.86. The Hall–Kier alpha value is -2.61. The fourth-order valence-electron chi connectivity index (χ4n) is 3.85. The number of ether oxygens (including phenoxy) is 2. The van der Waals surface area contributed by atoms with Crippen LogP contribution in [-0.2, 0) is 9.53 Å². The van der Waals surface area contributed by atoms with Crippen molar-refractivity contribution in [2.24, 2.45) is 4.99 Å². The first-order chi connectivity index (χ1) is 15.5. The van der Waals surface area contributed by atoms with E-state index in [0.29, 0.717) is 5.70 Å². The minimum Gasteiger partial charge on any atom is -0.497 e. The van der Waals surface area contributed by atoms with E-state index in [0.717, 1.165) is 71.9 Å². The number of anilines is 1. The first-order valence-electron chi connectivity index (χ1n) is 10.8. The molecule has 0 spiro atoms. The minimum atomic E-state index is -0.0975. The number of morpholine rings is 1. The Labute approximate surface area is 193 Å². The molecule has 6 nitrogen and oxygen atoms in total. The molecule has 4 rings (SSSR count). The molecule has 1 saturated heterocycles. The van der Waals surface area contributed by atoms with Crippen molar-refractivity contribution in [2.45, 2.75) is 13.8 Å². The van der Waals surface area contributed by atoms with E-state index in [1.54, 1.807) is 23.8 Å². The van der Waals surface area contributed by atoms with Crippen LogP contribution in [0.1, 0.15) is 16.7 Å². The molecule has 168 valence electrons. The molecule has 0 bridgehead atoms. The largest absolute Gasteiger partial charge is 0.497 e. The van der Waals surface area contributed by atoms with Crippen LogP contribution < -0.4 is 9.64 Å². The highest BCUT2D eigenvalue weighted by atomic mass is 32.2. The number of nitrogens with zero attached hydrogens (tertiary/aromatic N) is 3. The molecular weight excluding hydrogens is 422 g/mol. The molecule has 0 atom stereocenters. The van der Waals surface area contributed by atoms with Crippen molar-refractivity contribution in [3.63, 3.8) is 0 Å². The molecule has 0 saturated carbocycles. The zero-order chi connectivity index (χ0) is 22.5. The third-order valence-corrected chi connectivity index (χ3v) is 6.37. The van der Waals surface area contributed by atoms with E-state index < -0.39 is 0 Å². The lowest BCUT2D eigenvalue weighted by molar-refractivity contribution is -0.113. The molecule has 0 aliphatic carbocycles. The summed E-state index contributed by atoms with van der Waals surface area (Å²) in [6, 6.07) is 13.8. The average molecular weight is 452 g/mol. The Kier molecular flexibility index (Phi) is 7.29. The highest BCUT2D eigenvalue weighted by Gasteiger charge is 2.32. The van der Waals surface area contributed by atoms with Crippen molar-refractivity contribution in [2.75, 3.05) is 50.6 Å². The second-order valence-corrected chi connectivity index (χ2v) is 9.05. The monoisotopic (exact) mass is 451 g/mol. The van der Waals surface area contributed by atoms with Gasteiger partial charge in [0.25, 0.3) is 5.91 Å². The first kappa shape index (κ1) is 22.6. The van der Waals surface area contributed by atoms with Gasteiger partial charge in [0, 0.05) is 25.4 Å². The maximum Gasteiger partial charge on any atom is 0.283 e. The van der Waals surface area contributed by atoms with Gasteiger partial charge in [-0.1, -0.05) is 30.0 Å². The Morgan fingerprint density at radius 3 is 2.44 bits per heavy atom. The van der Waals surface area contributed by atoms with Crippen LogP contribution in [0, 0.1) is 13.8 Å². The number of amidine groups is 1. The van der Waals surface area contributed by atoms with E-state index >= 15 is 0 Å². The molecule has 2 aromatic rings. The Bertz CT molecular complexity index is 1010. The number of rotatable bonds is 6. The van der Waals surface area contributed by atoms with Crippen molar-refractivity contribution >= 4 is 34.6 Å². The molecule has 0 aromatic heterocycles. The van der Waals surface area contributed by atoms with Crippen LogP contribution in [0.3, 0.4) is 0 Å². The number of amides is 1. The number of hydrogen-bond donors (Lipinski definition) is 0. The van der Waals surface area contributed by atoms with E-state index in [-0.39, 0.29) is 5.91 Å². The number of aliphatic imine (C=N–C) groups is 1. The van der Waals surface area contributed by atoms with Gasteiger partial charge in [-0.3, -0.25) is 14.6 Å². The number of carbonyl (C=O) groups excluding carboxylic acids is 1. The van der Waals surface area contributed by atoms with Crippen LogP contribution in [0.25, 0.3) is 6.08 Å². The van der Waals surface area contributed by atoms with Gasteiger partial charge in [-0.2, -0.15) is 0 Å². The van der Waals surface area contributed by atoms with E-state index in [1.807, 2.05) is 56.3 Å². The molecule has 1 fully saturated rings. The maximum atomic E-state index is 13.4. The third-order valence-electron chi connectivity index (χ3n) is 5.46. The SMILES string of the molecule is COc1ccc(C=C2N=C(SCCN3CCOCC3)N(c3cc(C)cc(C)c3)C2=O)cc1. The molecule has 32 heavy (non-hydrogen) atoms. The minimum absolute atomic E-state index is 0.0975. The summed E-state index contributed by atoms with van der Waals surface area (Å²) < 4.78 is 10.7. The summed E-state index contributed by atoms with van der Waals surface area (Å²) in [4.78, 5) is 22.3. The standard InChI is InChI=1S/C25H29N3O3S/c1-18-14-19(2)16-21(15-18)28-24(29)23(17-20-4-6-22(30-3)7-5-20)26-25(28)32-13-10-27-8-11-31-12-9-27/h4-7,14-17H,8-13H2,1-3H3.